The van der Waals surface area contributed by atoms with E-state index in [1.165, 1.54) is 48.2 Å². The first-order valence-corrected chi connectivity index (χ1v) is 12.1. The van der Waals surface area contributed by atoms with Gasteiger partial charge >= 0.3 is 0 Å². The molecule has 182 valence electrons. The summed E-state index contributed by atoms with van der Waals surface area (Å²) in [6.07, 6.45) is 3.55. The Balaban J connectivity index is 0.000000515. The summed E-state index contributed by atoms with van der Waals surface area (Å²) in [6, 6.07) is 21.4. The van der Waals surface area contributed by atoms with Crippen LogP contribution in [-0.2, 0) is 6.42 Å². The molecule has 3 rings (SSSR count). The maximum absolute atomic E-state index is 10.7. The van der Waals surface area contributed by atoms with Crippen LogP contribution < -0.4 is 10.6 Å². The van der Waals surface area contributed by atoms with E-state index in [-0.39, 0.29) is 11.5 Å². The van der Waals surface area contributed by atoms with Crippen LogP contribution in [0.1, 0.15) is 63.4 Å². The number of phenolic OH excluding ortho intramolecular Hbond substituents is 1. The molecule has 3 aromatic rings. The van der Waals surface area contributed by atoms with Gasteiger partial charge in [0.2, 0.25) is 0 Å². The van der Waals surface area contributed by atoms with Gasteiger partial charge in [-0.3, -0.25) is 4.79 Å². The van der Waals surface area contributed by atoms with Crippen molar-refractivity contribution in [2.75, 3.05) is 26.7 Å². The molecule has 0 aliphatic heterocycles. The number of aromatic hydroxyl groups is 1. The molecule has 0 unspecified atom stereocenters. The molecule has 0 heterocycles. The number of phenols is 1. The fraction of sp³-hybridized carbons (Fsp3) is 0.414. The lowest BCUT2D eigenvalue weighted by Gasteiger charge is -2.05. The van der Waals surface area contributed by atoms with Gasteiger partial charge in [-0.2, -0.15) is 0 Å². The van der Waals surface area contributed by atoms with Gasteiger partial charge in [0.05, 0.1) is 0 Å². The quantitative estimate of drug-likeness (QED) is 0.265. The van der Waals surface area contributed by atoms with E-state index in [0.29, 0.717) is 5.56 Å². The number of carbonyl (C=O) groups is 1. The van der Waals surface area contributed by atoms with Crippen molar-refractivity contribution in [1.29, 1.82) is 0 Å². The Hall–Kier alpha value is -2.69. The van der Waals surface area contributed by atoms with E-state index >= 15 is 0 Å². The Morgan fingerprint density at radius 3 is 1.94 bits per heavy atom. The Bertz CT molecular complexity index is 874. The molecule has 4 nitrogen and oxygen atoms in total. The van der Waals surface area contributed by atoms with E-state index in [0.717, 1.165) is 26.1 Å². The van der Waals surface area contributed by atoms with Crippen LogP contribution in [0.4, 0.5) is 0 Å². The van der Waals surface area contributed by atoms with Crippen LogP contribution in [0.25, 0.3) is 10.8 Å². The first kappa shape index (κ1) is 30.3. The molecule has 0 saturated carbocycles. The highest BCUT2D eigenvalue weighted by atomic mass is 16.3. The van der Waals surface area contributed by atoms with Crippen LogP contribution in [-0.4, -0.2) is 37.6 Å². The molecule has 0 fully saturated rings. The number of hydrogen-bond acceptors (Lipinski definition) is 4. The highest BCUT2D eigenvalue weighted by Crippen LogP contribution is 2.15. The predicted molar refractivity (Wildman–Crippen MR) is 144 cm³/mol. The van der Waals surface area contributed by atoms with E-state index in [1.807, 2.05) is 20.9 Å². The zero-order valence-electron chi connectivity index (χ0n) is 21.4. The molecular formula is C29H44N2O2. The molecule has 33 heavy (non-hydrogen) atoms. The summed E-state index contributed by atoms with van der Waals surface area (Å²) in [4.78, 5) is 10.7. The second kappa shape index (κ2) is 20.0. The lowest BCUT2D eigenvalue weighted by molar-refractivity contribution is 0.101. The van der Waals surface area contributed by atoms with Crippen LogP contribution in [0.5, 0.6) is 5.75 Å². The second-order valence-electron chi connectivity index (χ2n) is 7.39. The van der Waals surface area contributed by atoms with E-state index in [1.54, 1.807) is 12.1 Å². The molecule has 3 N–H and O–H groups in total. The number of fused-ring (bicyclic) bond motifs is 1. The summed E-state index contributed by atoms with van der Waals surface area (Å²) in [5, 5.41) is 17.9. The molecule has 0 saturated heterocycles. The summed E-state index contributed by atoms with van der Waals surface area (Å²) in [5.41, 5.74) is 2.04. The standard InChI is InChI=1S/C15H19N.C8H8O2.C4H11N.C2H6/c1-2-10-16-11-9-13-7-8-14-5-3-4-6-15(14)12-13;1-6(9)7-2-4-8(10)5-3-7;1-3-4-5-2;1-2/h3-8,12,16H,2,9-11H2,1H3;2-5,10H,1H3;5H,3-4H2,1-2H3;1-2H3. The molecule has 0 spiro atoms. The van der Waals surface area contributed by atoms with Crippen molar-refractivity contribution in [3.05, 3.63) is 77.9 Å². The van der Waals surface area contributed by atoms with Crippen molar-refractivity contribution in [2.45, 2.75) is 53.9 Å². The molecule has 0 aliphatic carbocycles. The third-order valence-corrected chi connectivity index (χ3v) is 4.60. The molecule has 0 aromatic heterocycles. The topological polar surface area (TPSA) is 61.4 Å². The van der Waals surface area contributed by atoms with Crippen molar-refractivity contribution in [2.24, 2.45) is 0 Å². The molecule has 0 amide bonds. The molecule has 3 aromatic carbocycles. The van der Waals surface area contributed by atoms with Gasteiger partial charge in [0, 0.05) is 5.56 Å². The normalized spacial score (nSPS) is 9.52. The molecular weight excluding hydrogens is 408 g/mol. The third kappa shape index (κ3) is 14.1. The van der Waals surface area contributed by atoms with E-state index in [9.17, 15) is 4.79 Å². The minimum absolute atomic E-state index is 0.0139. The number of nitrogens with one attached hydrogen (secondary N) is 2. The van der Waals surface area contributed by atoms with Crippen LogP contribution in [0.2, 0.25) is 0 Å². The third-order valence-electron chi connectivity index (χ3n) is 4.60. The van der Waals surface area contributed by atoms with Crippen LogP contribution in [0.3, 0.4) is 0 Å². The summed E-state index contributed by atoms with van der Waals surface area (Å²) in [5.74, 6) is 0.199. The van der Waals surface area contributed by atoms with Crippen molar-refractivity contribution in [3.8, 4) is 5.75 Å². The van der Waals surface area contributed by atoms with Gasteiger partial charge in [-0.1, -0.05) is 70.2 Å². The summed E-state index contributed by atoms with van der Waals surface area (Å²) in [7, 11) is 1.96. The maximum atomic E-state index is 10.7. The molecule has 0 atom stereocenters. The summed E-state index contributed by atoms with van der Waals surface area (Å²) >= 11 is 0. The van der Waals surface area contributed by atoms with Gasteiger partial charge in [-0.15, -0.1) is 0 Å². The Labute approximate surface area is 201 Å². The number of ketones is 1. The van der Waals surface area contributed by atoms with Gasteiger partial charge in [0.15, 0.2) is 5.78 Å². The van der Waals surface area contributed by atoms with E-state index < -0.39 is 0 Å². The van der Waals surface area contributed by atoms with Gasteiger partial charge in [-0.05, 0) is 93.5 Å². The smallest absolute Gasteiger partial charge is 0.159 e. The first-order valence-electron chi connectivity index (χ1n) is 12.1. The largest absolute Gasteiger partial charge is 0.508 e. The van der Waals surface area contributed by atoms with Crippen molar-refractivity contribution >= 4 is 16.6 Å². The van der Waals surface area contributed by atoms with Crippen LogP contribution >= 0.6 is 0 Å². The summed E-state index contributed by atoms with van der Waals surface area (Å²) in [6.45, 7) is 13.2. The monoisotopic (exact) mass is 452 g/mol. The number of benzene rings is 3. The Morgan fingerprint density at radius 1 is 0.818 bits per heavy atom. The van der Waals surface area contributed by atoms with Crippen LogP contribution in [0.15, 0.2) is 66.7 Å². The Kier molecular flexibility index (Phi) is 18.3. The zero-order valence-corrected chi connectivity index (χ0v) is 21.4. The minimum Gasteiger partial charge on any atom is -0.508 e. The molecule has 0 radical (unpaired) electrons. The van der Waals surface area contributed by atoms with Crippen molar-refractivity contribution in [1.82, 2.24) is 10.6 Å². The maximum Gasteiger partial charge on any atom is 0.159 e. The number of Topliss-reactive ketones (excluding diaryl/α,β-unsaturated/α-hetero) is 1. The lowest BCUT2D eigenvalue weighted by atomic mass is 10.1. The van der Waals surface area contributed by atoms with Gasteiger partial charge in [-0.25, -0.2) is 0 Å². The highest BCUT2D eigenvalue weighted by Gasteiger charge is 1.97. The molecule has 4 heteroatoms. The average Bonchev–Trinajstić information content (AvgIpc) is 2.85. The molecule has 0 aliphatic rings. The SMILES string of the molecule is CC.CC(=O)c1ccc(O)cc1.CCCNC.CCCNCCc1ccc2ccccc2c1. The van der Waals surface area contributed by atoms with Gasteiger partial charge in [0.25, 0.3) is 0 Å². The number of hydrogen-bond donors (Lipinski definition) is 3. The average molecular weight is 453 g/mol. The van der Waals surface area contributed by atoms with Crippen LogP contribution in [0, 0.1) is 0 Å². The molecule has 0 bridgehead atoms. The van der Waals surface area contributed by atoms with E-state index in [2.05, 4.69) is 66.9 Å². The van der Waals surface area contributed by atoms with E-state index in [4.69, 9.17) is 5.11 Å². The predicted octanol–water partition coefficient (Wildman–Crippen LogP) is 6.62. The second-order valence-corrected chi connectivity index (χ2v) is 7.39. The highest BCUT2D eigenvalue weighted by molar-refractivity contribution is 5.94. The minimum atomic E-state index is 0.0139. The number of rotatable bonds is 8. The van der Waals surface area contributed by atoms with Gasteiger partial charge < -0.3 is 15.7 Å². The zero-order chi connectivity index (χ0) is 24.9. The Morgan fingerprint density at radius 2 is 1.42 bits per heavy atom. The van der Waals surface area contributed by atoms with Gasteiger partial charge in [0.1, 0.15) is 5.75 Å². The van der Waals surface area contributed by atoms with Crippen molar-refractivity contribution in [3.63, 3.8) is 0 Å². The first-order chi connectivity index (χ1) is 16.0. The summed E-state index contributed by atoms with van der Waals surface area (Å²) < 4.78 is 0. The fourth-order valence-electron chi connectivity index (χ4n) is 2.87. The number of carbonyl (C=O) groups excluding carboxylic acids is 1. The fourth-order valence-corrected chi connectivity index (χ4v) is 2.87. The van der Waals surface area contributed by atoms with Crippen molar-refractivity contribution < 1.29 is 9.90 Å². The lowest BCUT2D eigenvalue weighted by Crippen LogP contribution is -2.17.